The maximum Gasteiger partial charge on any atom is 0.271 e. The molecule has 7 heteroatoms. The number of ether oxygens (including phenoxy) is 3. The second-order valence-electron chi connectivity index (χ2n) is 5.11. The maximum absolute atomic E-state index is 12.5. The van der Waals surface area contributed by atoms with Gasteiger partial charge in [0.2, 0.25) is 5.75 Å². The zero-order chi connectivity index (χ0) is 18.4. The molecule has 0 N–H and O–H groups in total. The van der Waals surface area contributed by atoms with E-state index in [-0.39, 0.29) is 12.1 Å². The number of hydrogen-bond acceptors (Lipinski definition) is 6. The largest absolute Gasteiger partial charge is 0.493 e. The lowest BCUT2D eigenvalue weighted by molar-refractivity contribution is -0.139. The average molecular weight is 342 g/mol. The second kappa shape index (κ2) is 8.02. The summed E-state index contributed by atoms with van der Waals surface area (Å²) in [7, 11) is 4.43. The number of nitriles is 1. The number of nitrogens with zero attached hydrogens (tertiary/aromatic N) is 2. The second-order valence-corrected chi connectivity index (χ2v) is 5.11. The molecule has 0 aliphatic carbocycles. The molecule has 0 unspecified atom stereocenters. The smallest absolute Gasteiger partial charge is 0.271 e. The predicted molar refractivity (Wildman–Crippen MR) is 90.2 cm³/mol. The highest BCUT2D eigenvalue weighted by Gasteiger charge is 2.24. The van der Waals surface area contributed by atoms with Gasteiger partial charge in [-0.1, -0.05) is 6.08 Å². The minimum atomic E-state index is -0.634. The minimum Gasteiger partial charge on any atom is -0.493 e. The van der Waals surface area contributed by atoms with Gasteiger partial charge in [-0.3, -0.25) is 14.5 Å². The fourth-order valence-electron chi connectivity index (χ4n) is 2.43. The summed E-state index contributed by atoms with van der Waals surface area (Å²) >= 11 is 0. The number of carbonyl (C=O) groups excluding carboxylic acids is 2. The lowest BCUT2D eigenvalue weighted by Crippen LogP contribution is -2.38. The first-order chi connectivity index (χ1) is 12.0. The van der Waals surface area contributed by atoms with Crippen LogP contribution in [-0.4, -0.2) is 44.6 Å². The number of amides is 2. The number of imide groups is 1. The maximum atomic E-state index is 12.5. The van der Waals surface area contributed by atoms with Gasteiger partial charge >= 0.3 is 0 Å². The number of methoxy groups -OCH3 is 3. The summed E-state index contributed by atoms with van der Waals surface area (Å²) in [5, 5.41) is 9.35. The van der Waals surface area contributed by atoms with E-state index >= 15 is 0 Å². The quantitative estimate of drug-likeness (QED) is 0.600. The monoisotopic (exact) mass is 342 g/mol. The number of carbonyl (C=O) groups is 2. The highest BCUT2D eigenvalue weighted by atomic mass is 16.5. The van der Waals surface area contributed by atoms with Crippen molar-refractivity contribution >= 4 is 17.9 Å². The molecule has 0 spiro atoms. The Morgan fingerprint density at radius 2 is 1.84 bits per heavy atom. The van der Waals surface area contributed by atoms with Gasteiger partial charge in [-0.25, -0.2) is 0 Å². The van der Waals surface area contributed by atoms with Crippen LogP contribution in [0.2, 0.25) is 0 Å². The van der Waals surface area contributed by atoms with Crippen molar-refractivity contribution < 1.29 is 23.8 Å². The standard InChI is InChI=1S/C18H18N2O5/c1-23-14-9-12(10-15(24-2)17(14)25-3)8-13(11-19)18(22)20-7-5-4-6-16(20)21/h4,6,8-10H,5,7H2,1-3H3/b13-8-. The van der Waals surface area contributed by atoms with Gasteiger partial charge in [-0.05, 0) is 36.3 Å². The molecular formula is C18H18N2O5. The van der Waals surface area contributed by atoms with Crippen LogP contribution in [0.3, 0.4) is 0 Å². The molecule has 2 rings (SSSR count). The Bertz CT molecular complexity index is 764. The SMILES string of the molecule is COc1cc(/C=C(/C#N)C(=O)N2CCC=CC2=O)cc(OC)c1OC. The Morgan fingerprint density at radius 3 is 2.32 bits per heavy atom. The summed E-state index contributed by atoms with van der Waals surface area (Å²) in [6.07, 6.45) is 4.98. The van der Waals surface area contributed by atoms with Gasteiger partial charge in [0.05, 0.1) is 21.3 Å². The zero-order valence-corrected chi connectivity index (χ0v) is 14.2. The third-order valence-electron chi connectivity index (χ3n) is 3.64. The normalized spacial score (nSPS) is 14.1. The van der Waals surface area contributed by atoms with E-state index in [1.807, 2.05) is 6.07 Å². The van der Waals surface area contributed by atoms with Gasteiger partial charge in [-0.2, -0.15) is 5.26 Å². The van der Waals surface area contributed by atoms with Crippen molar-refractivity contribution in [1.82, 2.24) is 4.90 Å². The molecule has 1 aromatic rings. The number of hydrogen-bond donors (Lipinski definition) is 0. The lowest BCUT2D eigenvalue weighted by Gasteiger charge is -2.21. The molecule has 0 saturated heterocycles. The van der Waals surface area contributed by atoms with Crippen LogP contribution in [0.4, 0.5) is 0 Å². The summed E-state index contributed by atoms with van der Waals surface area (Å²) in [6, 6.07) is 5.08. The van der Waals surface area contributed by atoms with Crippen LogP contribution in [0.1, 0.15) is 12.0 Å². The van der Waals surface area contributed by atoms with Crippen molar-refractivity contribution in [2.45, 2.75) is 6.42 Å². The molecule has 0 fully saturated rings. The fraction of sp³-hybridized carbons (Fsp3) is 0.278. The summed E-state index contributed by atoms with van der Waals surface area (Å²) in [4.78, 5) is 25.3. The van der Waals surface area contributed by atoms with E-state index in [0.29, 0.717) is 29.2 Å². The molecule has 0 atom stereocenters. The third kappa shape index (κ3) is 3.80. The highest BCUT2D eigenvalue weighted by Crippen LogP contribution is 2.38. The van der Waals surface area contributed by atoms with Crippen LogP contribution in [0.25, 0.3) is 6.08 Å². The lowest BCUT2D eigenvalue weighted by atomic mass is 10.1. The first-order valence-electron chi connectivity index (χ1n) is 7.49. The molecule has 130 valence electrons. The molecule has 1 heterocycles. The fourth-order valence-corrected chi connectivity index (χ4v) is 2.43. The van der Waals surface area contributed by atoms with Crippen molar-refractivity contribution in [3.8, 4) is 23.3 Å². The van der Waals surface area contributed by atoms with E-state index in [1.54, 1.807) is 18.2 Å². The van der Waals surface area contributed by atoms with Crippen molar-refractivity contribution in [1.29, 1.82) is 5.26 Å². The first kappa shape index (κ1) is 18.1. The number of benzene rings is 1. The Kier molecular flexibility index (Phi) is 5.79. The molecule has 2 amide bonds. The Balaban J connectivity index is 2.42. The van der Waals surface area contributed by atoms with E-state index in [4.69, 9.17) is 14.2 Å². The molecule has 0 bridgehead atoms. The van der Waals surface area contributed by atoms with E-state index in [0.717, 1.165) is 4.90 Å². The van der Waals surface area contributed by atoms with Gasteiger partial charge in [0.25, 0.3) is 11.8 Å². The predicted octanol–water partition coefficient (Wildman–Crippen LogP) is 1.93. The molecule has 1 aliphatic heterocycles. The van der Waals surface area contributed by atoms with Crippen LogP contribution >= 0.6 is 0 Å². The summed E-state index contributed by atoms with van der Waals surface area (Å²) in [5.74, 6) is 0.140. The summed E-state index contributed by atoms with van der Waals surface area (Å²) < 4.78 is 15.7. The molecule has 0 aromatic heterocycles. The van der Waals surface area contributed by atoms with E-state index in [1.165, 1.54) is 33.5 Å². The van der Waals surface area contributed by atoms with Gasteiger partial charge in [0.15, 0.2) is 11.5 Å². The molecule has 25 heavy (non-hydrogen) atoms. The van der Waals surface area contributed by atoms with E-state index in [9.17, 15) is 14.9 Å². The zero-order valence-electron chi connectivity index (χ0n) is 14.2. The van der Waals surface area contributed by atoms with Crippen LogP contribution < -0.4 is 14.2 Å². The topological polar surface area (TPSA) is 88.9 Å². The molecule has 0 saturated carbocycles. The van der Waals surface area contributed by atoms with E-state index < -0.39 is 11.8 Å². The van der Waals surface area contributed by atoms with Crippen LogP contribution in [0, 0.1) is 11.3 Å². The van der Waals surface area contributed by atoms with Crippen LogP contribution in [0.5, 0.6) is 17.2 Å². The Labute approximate surface area is 145 Å². The third-order valence-corrected chi connectivity index (χ3v) is 3.64. The summed E-state index contributed by atoms with van der Waals surface area (Å²) in [5.41, 5.74) is 0.359. The first-order valence-corrected chi connectivity index (χ1v) is 7.49. The van der Waals surface area contributed by atoms with Crippen molar-refractivity contribution in [2.24, 2.45) is 0 Å². The molecule has 1 aliphatic rings. The van der Waals surface area contributed by atoms with Gasteiger partial charge < -0.3 is 14.2 Å². The molecule has 1 aromatic carbocycles. The number of rotatable bonds is 5. The molecule has 0 radical (unpaired) electrons. The Hall–Kier alpha value is -3.27. The average Bonchev–Trinajstić information content (AvgIpc) is 2.64. The van der Waals surface area contributed by atoms with Crippen LogP contribution in [0.15, 0.2) is 29.9 Å². The van der Waals surface area contributed by atoms with Crippen molar-refractivity contribution in [3.63, 3.8) is 0 Å². The summed E-state index contributed by atoms with van der Waals surface area (Å²) in [6.45, 7) is 0.252. The molecular weight excluding hydrogens is 324 g/mol. The van der Waals surface area contributed by atoms with Gasteiger partial charge in [-0.15, -0.1) is 0 Å². The van der Waals surface area contributed by atoms with Crippen molar-refractivity contribution in [2.75, 3.05) is 27.9 Å². The highest BCUT2D eigenvalue weighted by molar-refractivity contribution is 6.11. The van der Waals surface area contributed by atoms with Crippen LogP contribution in [-0.2, 0) is 9.59 Å². The minimum absolute atomic E-state index is 0.155. The molecule has 7 nitrogen and oxygen atoms in total. The Morgan fingerprint density at radius 1 is 1.20 bits per heavy atom. The van der Waals surface area contributed by atoms with Gasteiger partial charge in [0, 0.05) is 6.54 Å². The van der Waals surface area contributed by atoms with Crippen molar-refractivity contribution in [3.05, 3.63) is 35.4 Å². The van der Waals surface area contributed by atoms with E-state index in [2.05, 4.69) is 0 Å². The van der Waals surface area contributed by atoms with Gasteiger partial charge in [0.1, 0.15) is 11.6 Å².